The molecule has 2 N–H and O–H groups in total. The molecule has 2 aromatic rings. The first-order valence-corrected chi connectivity index (χ1v) is 7.78. The minimum absolute atomic E-state index is 0.00311. The molecule has 1 aromatic carbocycles. The molecule has 0 bridgehead atoms. The van der Waals surface area contributed by atoms with E-state index in [0.717, 1.165) is 47.1 Å². The fourth-order valence-electron chi connectivity index (χ4n) is 2.82. The van der Waals surface area contributed by atoms with E-state index >= 15 is 0 Å². The van der Waals surface area contributed by atoms with Crippen molar-refractivity contribution < 1.29 is 9.84 Å². The van der Waals surface area contributed by atoms with E-state index < -0.39 is 0 Å². The lowest BCUT2D eigenvalue weighted by molar-refractivity contribution is 0.131. The lowest BCUT2D eigenvalue weighted by Gasteiger charge is -2.22. The number of hydrogen-bond acceptors (Lipinski definition) is 4. The zero-order valence-corrected chi connectivity index (χ0v) is 13.5. The molecule has 120 valence electrons. The number of fused-ring (bicyclic) bond motifs is 3. The van der Waals surface area contributed by atoms with Gasteiger partial charge in [0.25, 0.3) is 5.56 Å². The van der Waals surface area contributed by atoms with Crippen LogP contribution in [0.5, 0.6) is 0 Å². The first-order chi connectivity index (χ1) is 10.8. The minimum Gasteiger partial charge on any atom is -0.392 e. The molecule has 22 heavy (non-hydrogen) atoms. The van der Waals surface area contributed by atoms with Gasteiger partial charge in [0.05, 0.1) is 17.8 Å². The number of nitrogens with one attached hydrogen (secondary N) is 1. The Morgan fingerprint density at radius 1 is 1.36 bits per heavy atom. The number of hydrogen-bond donors (Lipinski definition) is 2. The van der Waals surface area contributed by atoms with Crippen molar-refractivity contribution in [3.8, 4) is 0 Å². The van der Waals surface area contributed by atoms with E-state index in [-0.39, 0.29) is 18.9 Å². The second-order valence-electron chi connectivity index (χ2n) is 5.04. The molecule has 0 aliphatic carbocycles. The summed E-state index contributed by atoms with van der Waals surface area (Å²) in [6, 6.07) is 5.70. The normalized spacial score (nSPS) is 13.1. The van der Waals surface area contributed by atoms with Crippen LogP contribution in [0.1, 0.15) is 31.4 Å². The zero-order chi connectivity index (χ0) is 16.1. The van der Waals surface area contributed by atoms with Gasteiger partial charge in [-0.25, -0.2) is 0 Å². The van der Waals surface area contributed by atoms with Gasteiger partial charge in [-0.2, -0.15) is 0 Å². The van der Waals surface area contributed by atoms with Gasteiger partial charge in [0, 0.05) is 24.6 Å². The highest BCUT2D eigenvalue weighted by Crippen LogP contribution is 2.29. The smallest absolute Gasteiger partial charge is 0.258 e. The van der Waals surface area contributed by atoms with Crippen LogP contribution in [-0.2, 0) is 24.5 Å². The van der Waals surface area contributed by atoms with Crippen LogP contribution < -0.4 is 10.9 Å². The van der Waals surface area contributed by atoms with E-state index in [9.17, 15) is 9.90 Å². The van der Waals surface area contributed by atoms with Crippen molar-refractivity contribution in [2.24, 2.45) is 0 Å². The van der Waals surface area contributed by atoms with Crippen LogP contribution in [0, 0.1) is 0 Å². The number of rotatable bonds is 3. The number of anilines is 1. The van der Waals surface area contributed by atoms with Crippen LogP contribution in [0.4, 0.5) is 5.69 Å². The lowest BCUT2D eigenvalue weighted by atomic mass is 10.00. The molecule has 0 fully saturated rings. The van der Waals surface area contributed by atoms with Crippen LogP contribution in [0.15, 0.2) is 23.0 Å². The van der Waals surface area contributed by atoms with Gasteiger partial charge in [-0.1, -0.05) is 26.0 Å². The Morgan fingerprint density at radius 3 is 2.82 bits per heavy atom. The maximum absolute atomic E-state index is 12.6. The van der Waals surface area contributed by atoms with Crippen LogP contribution in [0.25, 0.3) is 10.9 Å². The van der Waals surface area contributed by atoms with E-state index in [0.29, 0.717) is 0 Å². The maximum atomic E-state index is 12.6. The Hall–Kier alpha value is -1.85. The summed E-state index contributed by atoms with van der Waals surface area (Å²) in [6.07, 6.45) is 1.76. The third-order valence-electron chi connectivity index (χ3n) is 3.77. The van der Waals surface area contributed by atoms with Crippen molar-refractivity contribution in [3.05, 3.63) is 39.7 Å². The maximum Gasteiger partial charge on any atom is 0.258 e. The number of aliphatic hydroxyl groups excluding tert-OH is 1. The van der Waals surface area contributed by atoms with Crippen molar-refractivity contribution in [3.63, 3.8) is 0 Å². The monoisotopic (exact) mass is 304 g/mol. The van der Waals surface area contributed by atoms with E-state index in [4.69, 9.17) is 4.74 Å². The molecule has 0 atom stereocenters. The Morgan fingerprint density at radius 2 is 2.14 bits per heavy atom. The molecule has 1 aliphatic heterocycles. The summed E-state index contributed by atoms with van der Waals surface area (Å²) in [5.41, 5.74) is 3.36. The summed E-state index contributed by atoms with van der Waals surface area (Å²) < 4.78 is 6.80. The van der Waals surface area contributed by atoms with E-state index in [1.54, 1.807) is 11.7 Å². The van der Waals surface area contributed by atoms with Gasteiger partial charge in [0.1, 0.15) is 6.73 Å². The first kappa shape index (κ1) is 16.5. The summed E-state index contributed by atoms with van der Waals surface area (Å²) in [4.78, 5) is 12.6. The molecule has 0 radical (unpaired) electrons. The summed E-state index contributed by atoms with van der Waals surface area (Å²) >= 11 is 0. The average molecular weight is 304 g/mol. The predicted molar refractivity (Wildman–Crippen MR) is 89.3 cm³/mol. The van der Waals surface area contributed by atoms with Gasteiger partial charge in [-0.3, -0.25) is 9.36 Å². The standard InChI is InChI=1S/C15H18N2O3.C2H6/c1-20-9-17-13-7-10(8-18)4-5-11(13)14-12(15(17)19)3-2-6-16-14;1-2/h4-5,7,16,18H,2-3,6,8-9H2,1H3;1-2H3. The summed E-state index contributed by atoms with van der Waals surface area (Å²) in [5, 5.41) is 13.6. The molecule has 1 aliphatic rings. The SMILES string of the molecule is CC.COCn1c(=O)c2c(c3ccc(CO)cc31)NCCC2. The highest BCUT2D eigenvalue weighted by Gasteiger charge is 2.19. The molecule has 5 nitrogen and oxygen atoms in total. The quantitative estimate of drug-likeness (QED) is 0.914. The summed E-state index contributed by atoms with van der Waals surface area (Å²) in [7, 11) is 1.58. The summed E-state index contributed by atoms with van der Waals surface area (Å²) in [6.45, 7) is 5.07. The van der Waals surface area contributed by atoms with Gasteiger partial charge in [0.15, 0.2) is 0 Å². The highest BCUT2D eigenvalue weighted by molar-refractivity contribution is 5.94. The van der Waals surface area contributed by atoms with Crippen molar-refractivity contribution in [1.82, 2.24) is 4.57 Å². The Bertz CT molecular complexity index is 707. The van der Waals surface area contributed by atoms with E-state index in [1.807, 2.05) is 32.0 Å². The minimum atomic E-state index is -0.0401. The molecule has 0 spiro atoms. The van der Waals surface area contributed by atoms with Crippen LogP contribution >= 0.6 is 0 Å². The molecule has 0 amide bonds. The van der Waals surface area contributed by atoms with Crippen LogP contribution in [0.3, 0.4) is 0 Å². The highest BCUT2D eigenvalue weighted by atomic mass is 16.5. The zero-order valence-electron chi connectivity index (χ0n) is 13.5. The molecule has 2 heterocycles. The average Bonchev–Trinajstić information content (AvgIpc) is 2.60. The van der Waals surface area contributed by atoms with E-state index in [1.165, 1.54) is 0 Å². The molecule has 5 heteroatoms. The number of aliphatic hydroxyl groups is 1. The van der Waals surface area contributed by atoms with Crippen LogP contribution in [-0.4, -0.2) is 23.3 Å². The molecular weight excluding hydrogens is 280 g/mol. The van der Waals surface area contributed by atoms with Crippen molar-refractivity contribution in [2.75, 3.05) is 19.0 Å². The molecular formula is C17H24N2O3. The fourth-order valence-corrected chi connectivity index (χ4v) is 2.82. The molecule has 1 aromatic heterocycles. The molecule has 0 unspecified atom stereocenters. The largest absolute Gasteiger partial charge is 0.392 e. The topological polar surface area (TPSA) is 63.5 Å². The number of pyridine rings is 1. The van der Waals surface area contributed by atoms with Crippen molar-refractivity contribution >= 4 is 16.6 Å². The Balaban J connectivity index is 0.000000847. The first-order valence-electron chi connectivity index (χ1n) is 7.78. The molecule has 0 saturated carbocycles. The number of methoxy groups -OCH3 is 1. The summed E-state index contributed by atoms with van der Waals surface area (Å²) in [5.74, 6) is 0. The third kappa shape index (κ3) is 2.87. The Kier molecular flexibility index (Phi) is 5.57. The number of nitrogens with zero attached hydrogens (tertiary/aromatic N) is 1. The number of ether oxygens (including phenoxy) is 1. The Labute approximate surface area is 130 Å². The molecule has 3 rings (SSSR count). The number of aromatic nitrogens is 1. The number of benzene rings is 1. The van der Waals surface area contributed by atoms with Gasteiger partial charge >= 0.3 is 0 Å². The van der Waals surface area contributed by atoms with Crippen molar-refractivity contribution in [1.29, 1.82) is 0 Å². The van der Waals surface area contributed by atoms with E-state index in [2.05, 4.69) is 5.32 Å². The fraction of sp³-hybridized carbons (Fsp3) is 0.471. The van der Waals surface area contributed by atoms with Gasteiger partial charge in [-0.15, -0.1) is 0 Å². The molecule has 0 saturated heterocycles. The van der Waals surface area contributed by atoms with Crippen LogP contribution in [0.2, 0.25) is 0 Å². The third-order valence-corrected chi connectivity index (χ3v) is 3.77. The second-order valence-corrected chi connectivity index (χ2v) is 5.04. The lowest BCUT2D eigenvalue weighted by Crippen LogP contribution is -2.29. The van der Waals surface area contributed by atoms with Crippen molar-refractivity contribution in [2.45, 2.75) is 40.0 Å². The van der Waals surface area contributed by atoms with Gasteiger partial charge < -0.3 is 15.2 Å². The second kappa shape index (κ2) is 7.42. The van der Waals surface area contributed by atoms with Gasteiger partial charge in [-0.05, 0) is 24.5 Å². The predicted octanol–water partition coefficient (Wildman–Crippen LogP) is 2.48. The van der Waals surface area contributed by atoms with Gasteiger partial charge in [0.2, 0.25) is 0 Å².